The Morgan fingerprint density at radius 2 is 2.33 bits per heavy atom. The average molecular weight is 270 g/mol. The van der Waals surface area contributed by atoms with Crippen LogP contribution in [-0.2, 0) is 5.41 Å². The van der Waals surface area contributed by atoms with Gasteiger partial charge in [0.25, 0.3) is 0 Å². The monoisotopic (exact) mass is 269 g/mol. The molecule has 0 radical (unpaired) electrons. The number of hydrogen-bond acceptors (Lipinski definition) is 2. The first-order valence-electron chi connectivity index (χ1n) is 5.28. The van der Waals surface area contributed by atoms with Gasteiger partial charge in [0, 0.05) is 11.0 Å². The molecule has 0 N–H and O–H groups in total. The largest absolute Gasteiger partial charge is 0.495 e. The Bertz CT molecular complexity index is 355. The lowest BCUT2D eigenvalue weighted by atomic mass is 9.82. The molecular weight excluding hydrogens is 254 g/mol. The first kappa shape index (κ1) is 10.9. The second-order valence-corrected chi connectivity index (χ2v) is 5.81. The molecular formula is C12H16BrNO. The third-order valence-corrected chi connectivity index (χ3v) is 4.11. The molecule has 2 nitrogen and oxygen atoms in total. The lowest BCUT2D eigenvalue weighted by molar-refractivity contribution is 0.408. The summed E-state index contributed by atoms with van der Waals surface area (Å²) in [6.45, 7) is 2.31. The number of rotatable bonds is 2. The lowest BCUT2D eigenvalue weighted by Gasteiger charge is -2.24. The van der Waals surface area contributed by atoms with Gasteiger partial charge >= 0.3 is 0 Å². The molecule has 82 valence electrons. The predicted octanol–water partition coefficient (Wildman–Crippen LogP) is 3.30. The second kappa shape index (κ2) is 4.12. The summed E-state index contributed by atoms with van der Waals surface area (Å²) in [5.74, 6) is 0.853. The standard InChI is InChI=1S/C12H16BrNO/c1-12(4-3-10(13)6-12)9-5-11(15-2)8-14-7-9/h5,7-8,10H,3-4,6H2,1-2H3. The second-order valence-electron chi connectivity index (χ2n) is 4.51. The highest BCUT2D eigenvalue weighted by Crippen LogP contribution is 2.43. The predicted molar refractivity (Wildman–Crippen MR) is 64.7 cm³/mol. The summed E-state index contributed by atoms with van der Waals surface area (Å²) in [6.07, 6.45) is 7.37. The minimum absolute atomic E-state index is 0.260. The zero-order valence-corrected chi connectivity index (χ0v) is 10.8. The fourth-order valence-electron chi connectivity index (χ4n) is 2.29. The molecule has 2 rings (SSSR count). The van der Waals surface area contributed by atoms with E-state index in [0.29, 0.717) is 4.83 Å². The summed E-state index contributed by atoms with van der Waals surface area (Å²) in [5, 5.41) is 0. The molecule has 1 fully saturated rings. The molecule has 0 aromatic carbocycles. The molecule has 1 heterocycles. The van der Waals surface area contributed by atoms with Crippen molar-refractivity contribution in [3.63, 3.8) is 0 Å². The Hall–Kier alpha value is -0.570. The molecule has 1 aromatic heterocycles. The number of alkyl halides is 1. The van der Waals surface area contributed by atoms with Crippen molar-refractivity contribution >= 4 is 15.9 Å². The smallest absolute Gasteiger partial charge is 0.137 e. The zero-order valence-electron chi connectivity index (χ0n) is 9.16. The average Bonchev–Trinajstić information content (AvgIpc) is 2.60. The van der Waals surface area contributed by atoms with Crippen molar-refractivity contribution in [3.8, 4) is 5.75 Å². The number of methoxy groups -OCH3 is 1. The van der Waals surface area contributed by atoms with Crippen molar-refractivity contribution in [1.82, 2.24) is 4.98 Å². The number of nitrogens with zero attached hydrogens (tertiary/aromatic N) is 1. The van der Waals surface area contributed by atoms with Gasteiger partial charge in [0.1, 0.15) is 5.75 Å². The molecule has 0 bridgehead atoms. The van der Waals surface area contributed by atoms with Crippen molar-refractivity contribution in [1.29, 1.82) is 0 Å². The van der Waals surface area contributed by atoms with Crippen LogP contribution in [0, 0.1) is 0 Å². The first-order valence-corrected chi connectivity index (χ1v) is 6.19. The Balaban J connectivity index is 2.28. The molecule has 1 aliphatic carbocycles. The van der Waals surface area contributed by atoms with Crippen molar-refractivity contribution in [2.75, 3.05) is 7.11 Å². The molecule has 3 heteroatoms. The van der Waals surface area contributed by atoms with Crippen molar-refractivity contribution < 1.29 is 4.74 Å². The van der Waals surface area contributed by atoms with Crippen LogP contribution in [0.4, 0.5) is 0 Å². The molecule has 2 unspecified atom stereocenters. The van der Waals surface area contributed by atoms with E-state index in [1.807, 2.05) is 6.20 Å². The Labute approximate surface area is 99.2 Å². The minimum atomic E-state index is 0.260. The topological polar surface area (TPSA) is 22.1 Å². The van der Waals surface area contributed by atoms with Crippen molar-refractivity contribution in [3.05, 3.63) is 24.0 Å². The SMILES string of the molecule is COc1cncc(C2(C)CCC(Br)C2)c1. The van der Waals surface area contributed by atoms with Crippen molar-refractivity contribution in [2.45, 2.75) is 36.4 Å². The number of aromatic nitrogens is 1. The molecule has 0 amide bonds. The van der Waals surface area contributed by atoms with Gasteiger partial charge in [0.15, 0.2) is 0 Å². The van der Waals surface area contributed by atoms with Crippen LogP contribution in [0.2, 0.25) is 0 Å². The number of ether oxygens (including phenoxy) is 1. The Morgan fingerprint density at radius 1 is 1.53 bits per heavy atom. The molecule has 1 saturated carbocycles. The van der Waals surface area contributed by atoms with Crippen LogP contribution >= 0.6 is 15.9 Å². The molecule has 1 aliphatic rings. The van der Waals surface area contributed by atoms with Crippen LogP contribution in [0.1, 0.15) is 31.7 Å². The van der Waals surface area contributed by atoms with E-state index in [0.717, 1.165) is 5.75 Å². The van der Waals surface area contributed by atoms with Crippen LogP contribution < -0.4 is 4.74 Å². The maximum atomic E-state index is 5.21. The van der Waals surface area contributed by atoms with Gasteiger partial charge in [0.05, 0.1) is 13.3 Å². The van der Waals surface area contributed by atoms with Gasteiger partial charge < -0.3 is 4.74 Å². The highest BCUT2D eigenvalue weighted by molar-refractivity contribution is 9.09. The quantitative estimate of drug-likeness (QED) is 0.769. The van der Waals surface area contributed by atoms with Crippen LogP contribution in [0.3, 0.4) is 0 Å². The summed E-state index contributed by atoms with van der Waals surface area (Å²) in [6, 6.07) is 2.11. The molecule has 2 atom stereocenters. The van der Waals surface area contributed by atoms with Gasteiger partial charge in [-0.2, -0.15) is 0 Å². The van der Waals surface area contributed by atoms with Gasteiger partial charge in [-0.05, 0) is 36.3 Å². The number of hydrogen-bond donors (Lipinski definition) is 0. The van der Waals surface area contributed by atoms with E-state index >= 15 is 0 Å². The zero-order chi connectivity index (χ0) is 10.9. The highest BCUT2D eigenvalue weighted by atomic mass is 79.9. The molecule has 0 spiro atoms. The van der Waals surface area contributed by atoms with Crippen LogP contribution in [0.15, 0.2) is 18.5 Å². The fraction of sp³-hybridized carbons (Fsp3) is 0.583. The number of pyridine rings is 1. The lowest BCUT2D eigenvalue weighted by Crippen LogP contribution is -2.18. The maximum Gasteiger partial charge on any atom is 0.137 e. The fourth-order valence-corrected chi connectivity index (χ4v) is 3.23. The van der Waals surface area contributed by atoms with E-state index in [4.69, 9.17) is 4.74 Å². The van der Waals surface area contributed by atoms with Gasteiger partial charge in [-0.15, -0.1) is 0 Å². The first-order chi connectivity index (χ1) is 7.14. The third-order valence-electron chi connectivity index (χ3n) is 3.33. The summed E-state index contributed by atoms with van der Waals surface area (Å²) in [7, 11) is 1.69. The summed E-state index contributed by atoms with van der Waals surface area (Å²) >= 11 is 3.70. The van der Waals surface area contributed by atoms with E-state index in [1.54, 1.807) is 13.3 Å². The molecule has 0 aliphatic heterocycles. The van der Waals surface area contributed by atoms with Gasteiger partial charge in [0.2, 0.25) is 0 Å². The summed E-state index contributed by atoms with van der Waals surface area (Å²) in [5.41, 5.74) is 1.55. The van der Waals surface area contributed by atoms with Gasteiger partial charge in [-0.3, -0.25) is 4.98 Å². The summed E-state index contributed by atoms with van der Waals surface area (Å²) in [4.78, 5) is 4.88. The maximum absolute atomic E-state index is 5.21. The molecule has 1 aromatic rings. The van der Waals surface area contributed by atoms with Gasteiger partial charge in [-0.1, -0.05) is 22.9 Å². The Kier molecular flexibility index (Phi) is 3.01. The molecule has 15 heavy (non-hydrogen) atoms. The summed E-state index contributed by atoms with van der Waals surface area (Å²) < 4.78 is 5.21. The Morgan fingerprint density at radius 3 is 2.93 bits per heavy atom. The highest BCUT2D eigenvalue weighted by Gasteiger charge is 2.35. The van der Waals surface area contributed by atoms with E-state index in [9.17, 15) is 0 Å². The van der Waals surface area contributed by atoms with Crippen LogP contribution in [0.5, 0.6) is 5.75 Å². The third kappa shape index (κ3) is 2.17. The van der Waals surface area contributed by atoms with Gasteiger partial charge in [-0.25, -0.2) is 0 Å². The van der Waals surface area contributed by atoms with E-state index < -0.39 is 0 Å². The normalized spacial score (nSPS) is 30.5. The van der Waals surface area contributed by atoms with E-state index in [-0.39, 0.29) is 5.41 Å². The van der Waals surface area contributed by atoms with E-state index in [2.05, 4.69) is 33.9 Å². The van der Waals surface area contributed by atoms with Crippen LogP contribution in [-0.4, -0.2) is 16.9 Å². The van der Waals surface area contributed by atoms with E-state index in [1.165, 1.54) is 24.8 Å². The van der Waals surface area contributed by atoms with Crippen molar-refractivity contribution in [2.24, 2.45) is 0 Å². The molecule has 0 saturated heterocycles. The minimum Gasteiger partial charge on any atom is -0.495 e. The number of halogens is 1. The van der Waals surface area contributed by atoms with Crippen LogP contribution in [0.25, 0.3) is 0 Å².